The van der Waals surface area contributed by atoms with Crippen molar-refractivity contribution in [2.75, 3.05) is 18.1 Å². The van der Waals surface area contributed by atoms with Gasteiger partial charge < -0.3 is 15.0 Å². The number of anilines is 1. The molecular weight excluding hydrogens is 308 g/mol. The van der Waals surface area contributed by atoms with Crippen molar-refractivity contribution in [3.8, 4) is 0 Å². The number of benzene rings is 1. The zero-order valence-electron chi connectivity index (χ0n) is 14.2. The number of amides is 2. The van der Waals surface area contributed by atoms with Crippen molar-refractivity contribution in [3.63, 3.8) is 0 Å². The third-order valence-electron chi connectivity index (χ3n) is 3.93. The van der Waals surface area contributed by atoms with Gasteiger partial charge in [-0.1, -0.05) is 19.4 Å². The van der Waals surface area contributed by atoms with Gasteiger partial charge in [0.15, 0.2) is 6.61 Å². The Labute approximate surface area is 142 Å². The number of ether oxygens (including phenoxy) is 1. The second-order valence-corrected chi connectivity index (χ2v) is 6.03. The first-order valence-electron chi connectivity index (χ1n) is 8.38. The van der Waals surface area contributed by atoms with Gasteiger partial charge in [-0.25, -0.2) is 4.79 Å². The lowest BCUT2D eigenvalue weighted by Crippen LogP contribution is -2.35. The van der Waals surface area contributed by atoms with Gasteiger partial charge in [0.25, 0.3) is 5.91 Å². The SMILES string of the molecule is CCCC(C)NC(=O)COC(=O)c1cccc(N2CCCC2=O)c1. The lowest BCUT2D eigenvalue weighted by Gasteiger charge is -2.16. The number of nitrogens with one attached hydrogen (secondary N) is 1. The standard InChI is InChI=1S/C18H24N2O4/c1-3-6-13(2)19-16(21)12-24-18(23)14-7-4-8-15(11-14)20-10-5-9-17(20)22/h4,7-8,11,13H,3,5-6,9-10,12H2,1-2H3,(H,19,21). The first-order chi connectivity index (χ1) is 11.5. The molecule has 2 rings (SSSR count). The molecule has 1 saturated heterocycles. The first-order valence-corrected chi connectivity index (χ1v) is 8.38. The Hall–Kier alpha value is -2.37. The molecule has 0 spiro atoms. The van der Waals surface area contributed by atoms with Gasteiger partial charge in [-0.2, -0.15) is 0 Å². The number of hydrogen-bond acceptors (Lipinski definition) is 4. The summed E-state index contributed by atoms with van der Waals surface area (Å²) in [5.41, 5.74) is 1.02. The van der Waals surface area contributed by atoms with Gasteiger partial charge in [0.05, 0.1) is 5.56 Å². The predicted octanol–water partition coefficient (Wildman–Crippen LogP) is 2.28. The van der Waals surface area contributed by atoms with Gasteiger partial charge in [0, 0.05) is 24.7 Å². The zero-order valence-corrected chi connectivity index (χ0v) is 14.2. The summed E-state index contributed by atoms with van der Waals surface area (Å²) >= 11 is 0. The van der Waals surface area contributed by atoms with E-state index < -0.39 is 5.97 Å². The van der Waals surface area contributed by atoms with Crippen molar-refractivity contribution in [1.82, 2.24) is 5.32 Å². The van der Waals surface area contributed by atoms with Gasteiger partial charge in [0.1, 0.15) is 0 Å². The summed E-state index contributed by atoms with van der Waals surface area (Å²) in [6, 6.07) is 6.80. The van der Waals surface area contributed by atoms with Crippen LogP contribution in [-0.4, -0.2) is 37.0 Å². The zero-order chi connectivity index (χ0) is 17.5. The molecule has 1 aliphatic rings. The molecule has 1 N–H and O–H groups in total. The van der Waals surface area contributed by atoms with Gasteiger partial charge in [0.2, 0.25) is 5.91 Å². The minimum Gasteiger partial charge on any atom is -0.452 e. The molecule has 1 aromatic rings. The van der Waals surface area contributed by atoms with Crippen LogP contribution >= 0.6 is 0 Å². The Morgan fingerprint density at radius 1 is 1.38 bits per heavy atom. The Morgan fingerprint density at radius 2 is 2.17 bits per heavy atom. The molecule has 0 radical (unpaired) electrons. The minimum absolute atomic E-state index is 0.0600. The van der Waals surface area contributed by atoms with Crippen molar-refractivity contribution in [2.24, 2.45) is 0 Å². The summed E-state index contributed by atoms with van der Waals surface area (Å²) in [6.45, 7) is 4.31. The van der Waals surface area contributed by atoms with E-state index in [2.05, 4.69) is 5.32 Å². The molecule has 0 bridgehead atoms. The monoisotopic (exact) mass is 332 g/mol. The van der Waals surface area contributed by atoms with E-state index in [4.69, 9.17) is 4.74 Å². The smallest absolute Gasteiger partial charge is 0.338 e. The maximum Gasteiger partial charge on any atom is 0.338 e. The fourth-order valence-electron chi connectivity index (χ4n) is 2.76. The van der Waals surface area contributed by atoms with Crippen LogP contribution in [-0.2, 0) is 14.3 Å². The van der Waals surface area contributed by atoms with Gasteiger partial charge in [-0.3, -0.25) is 9.59 Å². The minimum atomic E-state index is -0.568. The fraction of sp³-hybridized carbons (Fsp3) is 0.500. The van der Waals surface area contributed by atoms with Crippen LogP contribution in [0, 0.1) is 0 Å². The van der Waals surface area contributed by atoms with Crippen LogP contribution < -0.4 is 10.2 Å². The van der Waals surface area contributed by atoms with Gasteiger partial charge in [-0.05, 0) is 38.0 Å². The van der Waals surface area contributed by atoms with E-state index >= 15 is 0 Å². The summed E-state index contributed by atoms with van der Waals surface area (Å²) in [5, 5.41) is 2.78. The maximum absolute atomic E-state index is 12.1. The maximum atomic E-state index is 12.1. The summed E-state index contributed by atoms with van der Waals surface area (Å²) < 4.78 is 5.06. The Balaban J connectivity index is 1.90. The van der Waals surface area contributed by atoms with Crippen molar-refractivity contribution in [1.29, 1.82) is 0 Å². The van der Waals surface area contributed by atoms with E-state index in [1.54, 1.807) is 29.2 Å². The topological polar surface area (TPSA) is 75.7 Å². The van der Waals surface area contributed by atoms with Crippen LogP contribution in [0.15, 0.2) is 24.3 Å². The highest BCUT2D eigenvalue weighted by atomic mass is 16.5. The number of esters is 1. The molecule has 2 amide bonds. The largest absolute Gasteiger partial charge is 0.452 e. The third-order valence-corrected chi connectivity index (χ3v) is 3.93. The summed E-state index contributed by atoms with van der Waals surface area (Å²) in [7, 11) is 0. The van der Waals surface area contributed by atoms with Crippen molar-refractivity contribution in [3.05, 3.63) is 29.8 Å². The number of nitrogens with zero attached hydrogens (tertiary/aromatic N) is 1. The normalized spacial score (nSPS) is 15.2. The van der Waals surface area contributed by atoms with E-state index in [0.717, 1.165) is 19.3 Å². The molecule has 1 aromatic carbocycles. The predicted molar refractivity (Wildman–Crippen MR) is 90.8 cm³/mol. The fourth-order valence-corrected chi connectivity index (χ4v) is 2.76. The van der Waals surface area contributed by atoms with Crippen LogP contribution in [0.5, 0.6) is 0 Å². The van der Waals surface area contributed by atoms with Crippen LogP contribution in [0.2, 0.25) is 0 Å². The molecule has 24 heavy (non-hydrogen) atoms. The first kappa shape index (κ1) is 18.0. The van der Waals surface area contributed by atoms with Crippen LogP contribution in [0.3, 0.4) is 0 Å². The van der Waals surface area contributed by atoms with Crippen LogP contribution in [0.4, 0.5) is 5.69 Å². The molecule has 0 aromatic heterocycles. The number of hydrogen-bond donors (Lipinski definition) is 1. The van der Waals surface area contributed by atoms with Crippen LogP contribution in [0.25, 0.3) is 0 Å². The lowest BCUT2D eigenvalue weighted by atomic mass is 10.2. The quantitative estimate of drug-likeness (QED) is 0.777. The summed E-state index contributed by atoms with van der Waals surface area (Å²) in [4.78, 5) is 37.3. The van der Waals surface area contributed by atoms with E-state index in [1.807, 2.05) is 13.8 Å². The molecule has 130 valence electrons. The second kappa shape index (κ2) is 8.47. The van der Waals surface area contributed by atoms with Crippen molar-refractivity contribution in [2.45, 2.75) is 45.6 Å². The molecule has 0 aliphatic carbocycles. The molecule has 6 nitrogen and oxygen atoms in total. The lowest BCUT2D eigenvalue weighted by molar-refractivity contribution is -0.124. The highest BCUT2D eigenvalue weighted by molar-refractivity contribution is 5.97. The molecular formula is C18H24N2O4. The Morgan fingerprint density at radius 3 is 2.83 bits per heavy atom. The molecule has 1 atom stereocenters. The average Bonchev–Trinajstić information content (AvgIpc) is 2.99. The number of rotatable bonds is 7. The Bertz CT molecular complexity index is 615. The van der Waals surface area contributed by atoms with Crippen molar-refractivity contribution < 1.29 is 19.1 Å². The van der Waals surface area contributed by atoms with Gasteiger partial charge >= 0.3 is 5.97 Å². The number of carbonyl (C=O) groups excluding carboxylic acids is 3. The molecule has 0 saturated carbocycles. The van der Waals surface area contributed by atoms with E-state index in [9.17, 15) is 14.4 Å². The van der Waals surface area contributed by atoms with Gasteiger partial charge in [-0.15, -0.1) is 0 Å². The Kier molecular flexibility index (Phi) is 6.35. The van der Waals surface area contributed by atoms with E-state index in [1.165, 1.54) is 0 Å². The van der Waals surface area contributed by atoms with Crippen molar-refractivity contribution >= 4 is 23.5 Å². The van der Waals surface area contributed by atoms with E-state index in [0.29, 0.717) is 24.2 Å². The molecule has 1 fully saturated rings. The molecule has 1 heterocycles. The summed E-state index contributed by atoms with van der Waals surface area (Å²) in [6.07, 6.45) is 3.21. The van der Waals surface area contributed by atoms with E-state index in [-0.39, 0.29) is 24.5 Å². The highest BCUT2D eigenvalue weighted by Gasteiger charge is 2.22. The highest BCUT2D eigenvalue weighted by Crippen LogP contribution is 2.22. The number of carbonyl (C=O) groups is 3. The second-order valence-electron chi connectivity index (χ2n) is 6.03. The molecule has 6 heteroatoms. The molecule has 1 aliphatic heterocycles. The summed E-state index contributed by atoms with van der Waals surface area (Å²) in [5.74, 6) is -0.818. The molecule has 1 unspecified atom stereocenters. The van der Waals surface area contributed by atoms with Crippen LogP contribution in [0.1, 0.15) is 49.9 Å². The third kappa shape index (κ3) is 4.81. The average molecular weight is 332 g/mol.